The summed E-state index contributed by atoms with van der Waals surface area (Å²) in [7, 11) is 1.61. The Morgan fingerprint density at radius 2 is 1.81 bits per heavy atom. The molecular weight excluding hydrogens is 435 g/mol. The van der Waals surface area contributed by atoms with E-state index in [0.29, 0.717) is 35.1 Å². The highest BCUT2D eigenvalue weighted by molar-refractivity contribution is 6.35. The minimum absolute atomic E-state index is 0.0882. The van der Waals surface area contributed by atoms with Gasteiger partial charge in [-0.2, -0.15) is 0 Å². The van der Waals surface area contributed by atoms with Crippen LogP contribution in [0.3, 0.4) is 0 Å². The number of carbonyl (C=O) groups excluding carboxylic acids is 2. The van der Waals surface area contributed by atoms with Crippen molar-refractivity contribution < 1.29 is 14.3 Å². The summed E-state index contributed by atoms with van der Waals surface area (Å²) < 4.78 is 5.22. The van der Waals surface area contributed by atoms with Gasteiger partial charge in [0.1, 0.15) is 11.8 Å². The Hall–Kier alpha value is -2.24. The van der Waals surface area contributed by atoms with E-state index in [1.54, 1.807) is 30.2 Å². The Morgan fingerprint density at radius 1 is 1.10 bits per heavy atom. The lowest BCUT2D eigenvalue weighted by molar-refractivity contribution is -0.140. The minimum Gasteiger partial charge on any atom is -0.497 e. The second-order valence-electron chi connectivity index (χ2n) is 7.35. The molecule has 2 aromatic carbocycles. The molecule has 0 aliphatic rings. The molecule has 0 aromatic heterocycles. The van der Waals surface area contributed by atoms with Crippen LogP contribution in [-0.2, 0) is 22.6 Å². The number of ether oxygens (including phenoxy) is 1. The molecular formula is C24H30Cl2N2O3. The molecule has 1 atom stereocenters. The van der Waals surface area contributed by atoms with Crippen LogP contribution in [0, 0.1) is 0 Å². The standard InChI is InChI=1S/C24H30Cl2N2O3/c1-4-6-13-27-24(30)22(5-2)28(16-17-7-11-20(31-3)12-8-17)23(29)14-18-9-10-19(25)15-21(18)26/h7-12,15,22H,4-6,13-14,16H2,1-3H3,(H,27,30)/t22-/m1/s1. The average Bonchev–Trinajstić information content (AvgIpc) is 2.76. The molecule has 0 radical (unpaired) electrons. The Morgan fingerprint density at radius 3 is 2.39 bits per heavy atom. The molecule has 31 heavy (non-hydrogen) atoms. The maximum Gasteiger partial charge on any atom is 0.242 e. The van der Waals surface area contributed by atoms with Gasteiger partial charge in [-0.05, 0) is 48.2 Å². The number of methoxy groups -OCH3 is 1. The van der Waals surface area contributed by atoms with Crippen molar-refractivity contribution in [3.8, 4) is 5.75 Å². The number of carbonyl (C=O) groups is 2. The minimum atomic E-state index is -0.572. The average molecular weight is 465 g/mol. The first-order valence-corrected chi connectivity index (χ1v) is 11.3. The lowest BCUT2D eigenvalue weighted by Crippen LogP contribution is -2.49. The Labute approximate surface area is 194 Å². The lowest BCUT2D eigenvalue weighted by Gasteiger charge is -2.31. The van der Waals surface area contributed by atoms with Crippen LogP contribution in [0.2, 0.25) is 10.0 Å². The Kier molecular flexibility index (Phi) is 10.2. The van der Waals surface area contributed by atoms with E-state index >= 15 is 0 Å². The predicted molar refractivity (Wildman–Crippen MR) is 126 cm³/mol. The van der Waals surface area contributed by atoms with Crippen molar-refractivity contribution in [3.63, 3.8) is 0 Å². The number of nitrogens with zero attached hydrogens (tertiary/aromatic N) is 1. The van der Waals surface area contributed by atoms with Gasteiger partial charge in [0.05, 0.1) is 13.5 Å². The van der Waals surface area contributed by atoms with Crippen LogP contribution in [0.1, 0.15) is 44.2 Å². The van der Waals surface area contributed by atoms with Crippen molar-refractivity contribution in [2.45, 2.75) is 52.1 Å². The van der Waals surface area contributed by atoms with E-state index in [0.717, 1.165) is 24.2 Å². The third-order valence-corrected chi connectivity index (χ3v) is 5.67. The molecule has 2 aromatic rings. The zero-order valence-electron chi connectivity index (χ0n) is 18.3. The number of rotatable bonds is 11. The van der Waals surface area contributed by atoms with Gasteiger partial charge in [0.15, 0.2) is 0 Å². The fraction of sp³-hybridized carbons (Fsp3) is 0.417. The van der Waals surface area contributed by atoms with Crippen LogP contribution < -0.4 is 10.1 Å². The second-order valence-corrected chi connectivity index (χ2v) is 8.19. The fourth-order valence-corrected chi connectivity index (χ4v) is 3.76. The van der Waals surface area contributed by atoms with Crippen molar-refractivity contribution in [1.82, 2.24) is 10.2 Å². The van der Waals surface area contributed by atoms with E-state index in [4.69, 9.17) is 27.9 Å². The molecule has 2 amide bonds. The third kappa shape index (κ3) is 7.44. The van der Waals surface area contributed by atoms with Crippen molar-refractivity contribution in [1.29, 1.82) is 0 Å². The summed E-state index contributed by atoms with van der Waals surface area (Å²) in [4.78, 5) is 27.9. The number of nitrogens with one attached hydrogen (secondary N) is 1. The molecule has 0 saturated carbocycles. The summed E-state index contributed by atoms with van der Waals surface area (Å²) in [5.74, 6) is 0.427. The van der Waals surface area contributed by atoms with Crippen LogP contribution in [0.25, 0.3) is 0 Å². The molecule has 0 aliphatic carbocycles. The molecule has 0 fully saturated rings. The first-order chi connectivity index (χ1) is 14.9. The van der Waals surface area contributed by atoms with E-state index in [2.05, 4.69) is 12.2 Å². The summed E-state index contributed by atoms with van der Waals surface area (Å²) in [6, 6.07) is 12.0. The lowest BCUT2D eigenvalue weighted by atomic mass is 10.1. The van der Waals surface area contributed by atoms with E-state index in [9.17, 15) is 9.59 Å². The summed E-state index contributed by atoms with van der Waals surface area (Å²) in [6.07, 6.45) is 2.48. The molecule has 5 nitrogen and oxygen atoms in total. The molecule has 0 spiro atoms. The highest BCUT2D eigenvalue weighted by atomic mass is 35.5. The second kappa shape index (κ2) is 12.6. The van der Waals surface area contributed by atoms with Gasteiger partial charge in [0.2, 0.25) is 11.8 Å². The normalized spacial score (nSPS) is 11.6. The number of hydrogen-bond acceptors (Lipinski definition) is 3. The molecule has 0 aliphatic heterocycles. The third-order valence-electron chi connectivity index (χ3n) is 5.08. The molecule has 7 heteroatoms. The highest BCUT2D eigenvalue weighted by Gasteiger charge is 2.28. The first kappa shape index (κ1) is 25.0. The van der Waals surface area contributed by atoms with Crippen LogP contribution in [0.4, 0.5) is 0 Å². The number of unbranched alkanes of at least 4 members (excludes halogenated alkanes) is 1. The van der Waals surface area contributed by atoms with E-state index in [1.807, 2.05) is 31.2 Å². The smallest absolute Gasteiger partial charge is 0.242 e. The predicted octanol–water partition coefficient (Wildman–Crippen LogP) is 5.27. The van der Waals surface area contributed by atoms with Gasteiger partial charge in [-0.3, -0.25) is 9.59 Å². The van der Waals surface area contributed by atoms with E-state index in [-0.39, 0.29) is 18.2 Å². The summed E-state index contributed by atoms with van der Waals surface area (Å²) in [5, 5.41) is 3.91. The Bertz CT molecular complexity index is 872. The SMILES string of the molecule is CCCCNC(=O)[C@@H](CC)N(Cc1ccc(OC)cc1)C(=O)Cc1ccc(Cl)cc1Cl. The van der Waals surface area contributed by atoms with Crippen molar-refractivity contribution in [2.24, 2.45) is 0 Å². The van der Waals surface area contributed by atoms with Crippen LogP contribution in [0.5, 0.6) is 5.75 Å². The van der Waals surface area contributed by atoms with Gasteiger partial charge in [0.25, 0.3) is 0 Å². The van der Waals surface area contributed by atoms with Crippen LogP contribution >= 0.6 is 23.2 Å². The number of amides is 2. The molecule has 0 heterocycles. The van der Waals surface area contributed by atoms with Crippen molar-refractivity contribution >= 4 is 35.0 Å². The van der Waals surface area contributed by atoms with Gasteiger partial charge in [-0.1, -0.05) is 61.7 Å². The first-order valence-electron chi connectivity index (χ1n) is 10.5. The largest absolute Gasteiger partial charge is 0.497 e. The van der Waals surface area contributed by atoms with Gasteiger partial charge >= 0.3 is 0 Å². The van der Waals surface area contributed by atoms with Crippen molar-refractivity contribution in [2.75, 3.05) is 13.7 Å². The zero-order chi connectivity index (χ0) is 22.8. The number of hydrogen-bond donors (Lipinski definition) is 1. The Balaban J connectivity index is 2.27. The molecule has 0 bridgehead atoms. The summed E-state index contributed by atoms with van der Waals surface area (Å²) >= 11 is 12.3. The topological polar surface area (TPSA) is 58.6 Å². The monoisotopic (exact) mass is 464 g/mol. The van der Waals surface area contributed by atoms with Gasteiger partial charge in [0, 0.05) is 23.1 Å². The molecule has 1 N–H and O–H groups in total. The number of benzene rings is 2. The van der Waals surface area contributed by atoms with E-state index < -0.39 is 6.04 Å². The van der Waals surface area contributed by atoms with Crippen molar-refractivity contribution in [3.05, 3.63) is 63.6 Å². The van der Waals surface area contributed by atoms with Gasteiger partial charge in [-0.15, -0.1) is 0 Å². The van der Waals surface area contributed by atoms with Gasteiger partial charge in [-0.25, -0.2) is 0 Å². The fourth-order valence-electron chi connectivity index (χ4n) is 3.28. The summed E-state index contributed by atoms with van der Waals surface area (Å²) in [5.41, 5.74) is 1.59. The molecule has 0 unspecified atom stereocenters. The maximum atomic E-state index is 13.3. The maximum absolute atomic E-state index is 13.3. The molecule has 168 valence electrons. The summed E-state index contributed by atoms with van der Waals surface area (Å²) in [6.45, 7) is 4.89. The van der Waals surface area contributed by atoms with Crippen LogP contribution in [-0.4, -0.2) is 36.4 Å². The van der Waals surface area contributed by atoms with Crippen LogP contribution in [0.15, 0.2) is 42.5 Å². The van der Waals surface area contributed by atoms with Gasteiger partial charge < -0.3 is 15.0 Å². The number of halogens is 2. The highest BCUT2D eigenvalue weighted by Crippen LogP contribution is 2.23. The quantitative estimate of drug-likeness (QED) is 0.460. The van der Waals surface area contributed by atoms with E-state index in [1.165, 1.54) is 0 Å². The zero-order valence-corrected chi connectivity index (χ0v) is 19.8. The molecule has 0 saturated heterocycles. The molecule has 2 rings (SSSR count).